The van der Waals surface area contributed by atoms with Gasteiger partial charge in [-0.15, -0.1) is 0 Å². The van der Waals surface area contributed by atoms with Gasteiger partial charge in [0.1, 0.15) is 12.6 Å². The Labute approximate surface area is 119 Å². The summed E-state index contributed by atoms with van der Waals surface area (Å²) < 4.78 is 5.87. The molecule has 0 heterocycles. The molecule has 0 radical (unpaired) electrons. The molecule has 0 bridgehead atoms. The van der Waals surface area contributed by atoms with Crippen molar-refractivity contribution in [3.05, 3.63) is 0 Å². The van der Waals surface area contributed by atoms with Crippen LogP contribution in [0, 0.1) is 11.3 Å². The number of hydrogen-bond donors (Lipinski definition) is 2. The lowest BCUT2D eigenvalue weighted by molar-refractivity contribution is -0.688. The number of ether oxygens (including phenoxy) is 1. The monoisotopic (exact) mass is 272 g/mol. The van der Waals surface area contributed by atoms with Crippen molar-refractivity contribution in [2.75, 3.05) is 13.2 Å². The molecule has 0 aromatic carbocycles. The molecule has 0 aromatic heterocycles. The largest absolute Gasteiger partial charge is 0.385 e. The van der Waals surface area contributed by atoms with Crippen LogP contribution in [-0.2, 0) is 4.74 Å². The first-order valence-electron chi connectivity index (χ1n) is 7.92. The fourth-order valence-corrected chi connectivity index (χ4v) is 2.84. The van der Waals surface area contributed by atoms with E-state index in [2.05, 4.69) is 39.9 Å². The molecule has 3 heteroatoms. The first-order valence-corrected chi connectivity index (χ1v) is 7.92. The minimum atomic E-state index is -0.331. The van der Waals surface area contributed by atoms with E-state index < -0.39 is 0 Å². The van der Waals surface area contributed by atoms with Gasteiger partial charge in [-0.1, -0.05) is 20.8 Å². The van der Waals surface area contributed by atoms with E-state index in [-0.39, 0.29) is 6.10 Å². The molecule has 0 spiro atoms. The minimum Gasteiger partial charge on any atom is -0.385 e. The van der Waals surface area contributed by atoms with Crippen molar-refractivity contribution in [1.29, 1.82) is 0 Å². The zero-order chi connectivity index (χ0) is 14.5. The smallest absolute Gasteiger partial charge is 0.126 e. The van der Waals surface area contributed by atoms with Crippen molar-refractivity contribution in [1.82, 2.24) is 0 Å². The van der Waals surface area contributed by atoms with Crippen molar-refractivity contribution in [2.24, 2.45) is 11.3 Å². The van der Waals surface area contributed by atoms with E-state index >= 15 is 0 Å². The summed E-state index contributed by atoms with van der Waals surface area (Å²) in [5.41, 5.74) is 0.427. The summed E-state index contributed by atoms with van der Waals surface area (Å²) in [5.74, 6) is 0.826. The van der Waals surface area contributed by atoms with Crippen molar-refractivity contribution in [3.63, 3.8) is 0 Å². The average Bonchev–Trinajstić information content (AvgIpc) is 2.33. The Hall–Kier alpha value is -0.120. The highest BCUT2D eigenvalue weighted by molar-refractivity contribution is 4.81. The number of nitrogens with two attached hydrogens (primary N) is 1. The lowest BCUT2D eigenvalue weighted by atomic mass is 9.72. The van der Waals surface area contributed by atoms with Gasteiger partial charge in [-0.3, -0.25) is 0 Å². The number of hydrogen-bond acceptors (Lipinski definition) is 2. The van der Waals surface area contributed by atoms with Crippen molar-refractivity contribution >= 4 is 0 Å². The van der Waals surface area contributed by atoms with Crippen LogP contribution < -0.4 is 5.32 Å². The third-order valence-corrected chi connectivity index (χ3v) is 4.30. The second-order valence-electron chi connectivity index (χ2n) is 7.54. The molecule has 0 unspecified atom stereocenters. The second-order valence-corrected chi connectivity index (χ2v) is 7.54. The molecule has 3 N–H and O–H groups in total. The lowest BCUT2D eigenvalue weighted by Gasteiger charge is -2.37. The fourth-order valence-electron chi connectivity index (χ4n) is 2.84. The first-order chi connectivity index (χ1) is 8.79. The Morgan fingerprint density at radius 3 is 2.21 bits per heavy atom. The molecule has 19 heavy (non-hydrogen) atoms. The van der Waals surface area contributed by atoms with Crippen LogP contribution >= 0.6 is 0 Å². The second kappa shape index (κ2) is 7.61. The van der Waals surface area contributed by atoms with Gasteiger partial charge in [0, 0.05) is 0 Å². The zero-order valence-electron chi connectivity index (χ0n) is 13.5. The van der Waals surface area contributed by atoms with Crippen LogP contribution in [0.4, 0.5) is 0 Å². The number of quaternary nitrogens is 1. The fraction of sp³-hybridized carbons (Fsp3) is 1.00. The van der Waals surface area contributed by atoms with E-state index in [9.17, 15) is 5.11 Å². The molecule has 0 aromatic rings. The summed E-state index contributed by atoms with van der Waals surface area (Å²) in [7, 11) is 0. The van der Waals surface area contributed by atoms with E-state index in [0.717, 1.165) is 25.3 Å². The summed E-state index contributed by atoms with van der Waals surface area (Å²) in [6.07, 6.45) is 4.88. The Balaban J connectivity index is 2.16. The molecule has 0 amide bonds. The quantitative estimate of drug-likeness (QED) is 0.776. The molecular formula is C16H34NO2+. The van der Waals surface area contributed by atoms with Gasteiger partial charge < -0.3 is 15.2 Å². The highest BCUT2D eigenvalue weighted by atomic mass is 16.5. The predicted octanol–water partition coefficient (Wildman–Crippen LogP) is 1.94. The molecule has 0 aliphatic heterocycles. The first kappa shape index (κ1) is 16.9. The SMILES string of the molecule is CC(C)[NH2+]C[C@H](O)COC1CCC(C(C)(C)C)CC1. The summed E-state index contributed by atoms with van der Waals surface area (Å²) >= 11 is 0. The summed E-state index contributed by atoms with van der Waals surface area (Å²) in [5, 5.41) is 12.0. The van der Waals surface area contributed by atoms with Crippen LogP contribution in [0.15, 0.2) is 0 Å². The van der Waals surface area contributed by atoms with E-state index in [1.54, 1.807) is 0 Å². The highest BCUT2D eigenvalue weighted by Crippen LogP contribution is 2.38. The number of aliphatic hydroxyl groups is 1. The molecule has 1 rings (SSSR count). The van der Waals surface area contributed by atoms with Crippen LogP contribution in [0.1, 0.15) is 60.3 Å². The predicted molar refractivity (Wildman–Crippen MR) is 79.1 cm³/mol. The molecule has 0 saturated heterocycles. The Kier molecular flexibility index (Phi) is 6.78. The molecule has 1 aliphatic carbocycles. The maximum Gasteiger partial charge on any atom is 0.126 e. The summed E-state index contributed by atoms with van der Waals surface area (Å²) in [6, 6.07) is 0.539. The molecule has 1 aliphatic rings. The molecule has 114 valence electrons. The molecule has 1 atom stereocenters. The number of rotatable bonds is 6. The van der Waals surface area contributed by atoms with Crippen LogP contribution in [0.2, 0.25) is 0 Å². The van der Waals surface area contributed by atoms with Crippen molar-refractivity contribution in [2.45, 2.75) is 78.6 Å². The summed E-state index contributed by atoms with van der Waals surface area (Å²) in [6.45, 7) is 12.5. The summed E-state index contributed by atoms with van der Waals surface area (Å²) in [4.78, 5) is 0. The highest BCUT2D eigenvalue weighted by Gasteiger charge is 2.30. The lowest BCUT2D eigenvalue weighted by Crippen LogP contribution is -2.90. The van der Waals surface area contributed by atoms with Crippen LogP contribution in [0.3, 0.4) is 0 Å². The van der Waals surface area contributed by atoms with Crippen LogP contribution in [0.25, 0.3) is 0 Å². The van der Waals surface area contributed by atoms with E-state index in [4.69, 9.17) is 4.74 Å². The van der Waals surface area contributed by atoms with Gasteiger partial charge in [0.2, 0.25) is 0 Å². The van der Waals surface area contributed by atoms with Gasteiger partial charge >= 0.3 is 0 Å². The minimum absolute atomic E-state index is 0.331. The maximum absolute atomic E-state index is 9.85. The van der Waals surface area contributed by atoms with E-state index in [1.165, 1.54) is 12.8 Å². The van der Waals surface area contributed by atoms with Crippen molar-refractivity contribution < 1.29 is 15.2 Å². The molecule has 1 saturated carbocycles. The third kappa shape index (κ3) is 6.73. The third-order valence-electron chi connectivity index (χ3n) is 4.30. The Morgan fingerprint density at radius 2 is 1.74 bits per heavy atom. The van der Waals surface area contributed by atoms with Crippen molar-refractivity contribution in [3.8, 4) is 0 Å². The Morgan fingerprint density at radius 1 is 1.16 bits per heavy atom. The van der Waals surface area contributed by atoms with Gasteiger partial charge in [0.15, 0.2) is 0 Å². The normalized spacial score (nSPS) is 26.7. The van der Waals surface area contributed by atoms with E-state index in [0.29, 0.717) is 24.2 Å². The maximum atomic E-state index is 9.85. The van der Waals surface area contributed by atoms with Crippen LogP contribution in [-0.4, -0.2) is 36.5 Å². The molecule has 1 fully saturated rings. The Bertz CT molecular complexity index is 240. The van der Waals surface area contributed by atoms with Gasteiger partial charge in [-0.05, 0) is 50.9 Å². The van der Waals surface area contributed by atoms with E-state index in [1.807, 2.05) is 0 Å². The number of aliphatic hydroxyl groups excluding tert-OH is 1. The van der Waals surface area contributed by atoms with Gasteiger partial charge in [0.05, 0.1) is 18.8 Å². The van der Waals surface area contributed by atoms with Gasteiger partial charge in [0.25, 0.3) is 0 Å². The molecule has 3 nitrogen and oxygen atoms in total. The molecular weight excluding hydrogens is 238 g/mol. The standard InChI is InChI=1S/C16H33NO2/c1-12(2)17-10-14(18)11-19-15-8-6-13(7-9-15)16(3,4)5/h12-15,17-18H,6-11H2,1-5H3/p+1/t13?,14-,15?/m0/s1. The average molecular weight is 272 g/mol. The zero-order valence-corrected chi connectivity index (χ0v) is 13.5. The van der Waals surface area contributed by atoms with Gasteiger partial charge in [-0.25, -0.2) is 0 Å². The van der Waals surface area contributed by atoms with Gasteiger partial charge in [-0.2, -0.15) is 0 Å². The van der Waals surface area contributed by atoms with Crippen LogP contribution in [0.5, 0.6) is 0 Å². The topological polar surface area (TPSA) is 46.1 Å².